The molecule has 3 aromatic rings. The molecule has 0 saturated carbocycles. The Morgan fingerprint density at radius 2 is 1.77 bits per heavy atom. The molecule has 0 atom stereocenters. The van der Waals surface area contributed by atoms with Gasteiger partial charge >= 0.3 is 0 Å². The van der Waals surface area contributed by atoms with E-state index < -0.39 is 0 Å². The summed E-state index contributed by atoms with van der Waals surface area (Å²) in [7, 11) is 3.79. The summed E-state index contributed by atoms with van der Waals surface area (Å²) in [4.78, 5) is 10.5. The number of hydrogen-bond donors (Lipinski definition) is 0. The van der Waals surface area contributed by atoms with Gasteiger partial charge in [0, 0.05) is 43.8 Å². The number of pyridine rings is 2. The molecular formula is C18H19N3O. The van der Waals surface area contributed by atoms with E-state index in [0.29, 0.717) is 0 Å². The molecule has 0 amide bonds. The Morgan fingerprint density at radius 1 is 1.00 bits per heavy atom. The summed E-state index contributed by atoms with van der Waals surface area (Å²) in [6.07, 6.45) is 8.33. The van der Waals surface area contributed by atoms with Crippen LogP contribution in [0.4, 0.5) is 5.69 Å². The van der Waals surface area contributed by atoms with Crippen LogP contribution in [0.1, 0.15) is 5.56 Å². The second kappa shape index (κ2) is 6.43. The van der Waals surface area contributed by atoms with E-state index in [1.165, 1.54) is 10.9 Å². The van der Waals surface area contributed by atoms with Crippen molar-refractivity contribution in [1.29, 1.82) is 0 Å². The number of likely N-dealkylation sites (N-methyl/N-ethyl adjacent to an activating group) is 1. The molecule has 0 aliphatic carbocycles. The number of rotatable bonds is 5. The van der Waals surface area contributed by atoms with Gasteiger partial charge in [-0.05, 0) is 41.6 Å². The second-order valence-electron chi connectivity index (χ2n) is 5.24. The topological polar surface area (TPSA) is 38.2 Å². The Hall–Kier alpha value is -2.62. The molecule has 0 unspecified atom stereocenters. The monoisotopic (exact) mass is 293 g/mol. The van der Waals surface area contributed by atoms with Gasteiger partial charge < -0.3 is 9.64 Å². The van der Waals surface area contributed by atoms with E-state index in [2.05, 4.69) is 40.1 Å². The van der Waals surface area contributed by atoms with Crippen molar-refractivity contribution >= 4 is 16.5 Å². The van der Waals surface area contributed by atoms with Crippen molar-refractivity contribution in [2.24, 2.45) is 0 Å². The maximum Gasteiger partial charge on any atom is 0.142 e. The minimum Gasteiger partial charge on any atom is -0.495 e. The highest BCUT2D eigenvalue weighted by Crippen LogP contribution is 2.35. The summed E-state index contributed by atoms with van der Waals surface area (Å²) in [5.41, 5.74) is 2.36. The Labute approximate surface area is 130 Å². The molecule has 0 radical (unpaired) electrons. The molecule has 2 heterocycles. The summed E-state index contributed by atoms with van der Waals surface area (Å²) in [5.74, 6) is 0.873. The van der Waals surface area contributed by atoms with Gasteiger partial charge in [-0.25, -0.2) is 0 Å². The predicted molar refractivity (Wildman–Crippen MR) is 89.5 cm³/mol. The highest BCUT2D eigenvalue weighted by atomic mass is 16.5. The first-order valence-corrected chi connectivity index (χ1v) is 7.30. The normalized spacial score (nSPS) is 10.6. The summed E-state index contributed by atoms with van der Waals surface area (Å²) in [6.45, 7) is 0.897. The fourth-order valence-electron chi connectivity index (χ4n) is 2.64. The number of anilines is 1. The lowest BCUT2D eigenvalue weighted by Crippen LogP contribution is -2.21. The third-order valence-electron chi connectivity index (χ3n) is 3.84. The van der Waals surface area contributed by atoms with Crippen LogP contribution in [0.2, 0.25) is 0 Å². The van der Waals surface area contributed by atoms with Gasteiger partial charge in [0.15, 0.2) is 0 Å². The summed E-state index contributed by atoms with van der Waals surface area (Å²) in [6, 6.07) is 10.2. The zero-order valence-corrected chi connectivity index (χ0v) is 12.9. The molecule has 3 rings (SSSR count). The molecule has 0 bridgehead atoms. The average molecular weight is 293 g/mol. The number of methoxy groups -OCH3 is 1. The van der Waals surface area contributed by atoms with Gasteiger partial charge in [0.25, 0.3) is 0 Å². The van der Waals surface area contributed by atoms with Gasteiger partial charge in [-0.1, -0.05) is 6.07 Å². The van der Waals surface area contributed by atoms with Crippen molar-refractivity contribution in [2.75, 3.05) is 25.6 Å². The van der Waals surface area contributed by atoms with Crippen LogP contribution in [0, 0.1) is 0 Å². The van der Waals surface area contributed by atoms with E-state index >= 15 is 0 Å². The van der Waals surface area contributed by atoms with E-state index in [9.17, 15) is 0 Å². The van der Waals surface area contributed by atoms with Crippen molar-refractivity contribution in [3.8, 4) is 5.75 Å². The first-order chi connectivity index (χ1) is 10.8. The van der Waals surface area contributed by atoms with Crippen LogP contribution < -0.4 is 9.64 Å². The minimum atomic E-state index is 0.873. The fourth-order valence-corrected chi connectivity index (χ4v) is 2.64. The molecule has 112 valence electrons. The summed E-state index contributed by atoms with van der Waals surface area (Å²) in [5, 5.41) is 2.28. The Balaban J connectivity index is 1.90. The molecule has 0 N–H and O–H groups in total. The molecule has 4 heteroatoms. The molecular weight excluding hydrogens is 274 g/mol. The van der Waals surface area contributed by atoms with Gasteiger partial charge in [-0.15, -0.1) is 0 Å². The van der Waals surface area contributed by atoms with E-state index in [4.69, 9.17) is 4.74 Å². The SMILES string of the molecule is COc1ccc2ccncc2c1N(C)CCc1ccncc1. The second-order valence-corrected chi connectivity index (χ2v) is 5.24. The van der Waals surface area contributed by atoms with Crippen LogP contribution in [0.15, 0.2) is 55.1 Å². The average Bonchev–Trinajstić information content (AvgIpc) is 2.59. The fraction of sp³-hybridized carbons (Fsp3) is 0.222. The number of hydrogen-bond acceptors (Lipinski definition) is 4. The van der Waals surface area contributed by atoms with E-state index in [0.717, 1.165) is 29.8 Å². The van der Waals surface area contributed by atoms with Gasteiger partial charge in [-0.2, -0.15) is 0 Å². The highest BCUT2D eigenvalue weighted by molar-refractivity contribution is 5.96. The molecule has 0 fully saturated rings. The van der Waals surface area contributed by atoms with E-state index in [1.807, 2.05) is 36.9 Å². The minimum absolute atomic E-state index is 0.873. The highest BCUT2D eigenvalue weighted by Gasteiger charge is 2.13. The zero-order valence-electron chi connectivity index (χ0n) is 12.9. The molecule has 0 saturated heterocycles. The van der Waals surface area contributed by atoms with Crippen molar-refractivity contribution < 1.29 is 4.74 Å². The lowest BCUT2D eigenvalue weighted by molar-refractivity contribution is 0.415. The maximum atomic E-state index is 5.55. The lowest BCUT2D eigenvalue weighted by atomic mass is 10.1. The standard InChI is InChI=1S/C18H19N3O/c1-21(12-8-14-5-9-19-10-6-14)18-16-13-20-11-7-15(16)3-4-17(18)22-2/h3-7,9-11,13H,8,12H2,1-2H3. The number of nitrogens with zero attached hydrogens (tertiary/aromatic N) is 3. The zero-order chi connectivity index (χ0) is 15.4. The van der Waals surface area contributed by atoms with Crippen LogP contribution in [0.5, 0.6) is 5.75 Å². The van der Waals surface area contributed by atoms with Crippen LogP contribution in [-0.4, -0.2) is 30.7 Å². The molecule has 22 heavy (non-hydrogen) atoms. The Morgan fingerprint density at radius 3 is 2.55 bits per heavy atom. The smallest absolute Gasteiger partial charge is 0.142 e. The molecule has 0 spiro atoms. The predicted octanol–water partition coefficient (Wildman–Crippen LogP) is 3.32. The summed E-state index contributed by atoms with van der Waals surface area (Å²) < 4.78 is 5.55. The number of aromatic nitrogens is 2. The van der Waals surface area contributed by atoms with E-state index in [1.54, 1.807) is 7.11 Å². The van der Waals surface area contributed by atoms with Crippen molar-refractivity contribution in [2.45, 2.75) is 6.42 Å². The van der Waals surface area contributed by atoms with Crippen LogP contribution in [0.3, 0.4) is 0 Å². The molecule has 2 aromatic heterocycles. The quantitative estimate of drug-likeness (QED) is 0.723. The van der Waals surface area contributed by atoms with Gasteiger partial charge in [-0.3, -0.25) is 9.97 Å². The van der Waals surface area contributed by atoms with Crippen LogP contribution in [-0.2, 0) is 6.42 Å². The molecule has 1 aromatic carbocycles. The Kier molecular flexibility index (Phi) is 4.19. The number of ether oxygens (including phenoxy) is 1. The van der Waals surface area contributed by atoms with Crippen molar-refractivity contribution in [1.82, 2.24) is 9.97 Å². The molecule has 4 nitrogen and oxygen atoms in total. The molecule has 0 aliphatic rings. The van der Waals surface area contributed by atoms with Crippen LogP contribution >= 0.6 is 0 Å². The van der Waals surface area contributed by atoms with Crippen molar-refractivity contribution in [3.05, 3.63) is 60.7 Å². The first kappa shape index (κ1) is 14.3. The summed E-state index contributed by atoms with van der Waals surface area (Å²) >= 11 is 0. The van der Waals surface area contributed by atoms with Gasteiger partial charge in [0.1, 0.15) is 5.75 Å². The van der Waals surface area contributed by atoms with Crippen molar-refractivity contribution in [3.63, 3.8) is 0 Å². The van der Waals surface area contributed by atoms with Gasteiger partial charge in [0.2, 0.25) is 0 Å². The number of benzene rings is 1. The lowest BCUT2D eigenvalue weighted by Gasteiger charge is -2.23. The maximum absolute atomic E-state index is 5.55. The molecule has 0 aliphatic heterocycles. The largest absolute Gasteiger partial charge is 0.495 e. The first-order valence-electron chi connectivity index (χ1n) is 7.30. The van der Waals surface area contributed by atoms with Gasteiger partial charge in [0.05, 0.1) is 12.8 Å². The third-order valence-corrected chi connectivity index (χ3v) is 3.84. The Bertz CT molecular complexity index is 759. The number of fused-ring (bicyclic) bond motifs is 1. The third kappa shape index (κ3) is 2.86. The van der Waals surface area contributed by atoms with E-state index in [-0.39, 0.29) is 0 Å². The van der Waals surface area contributed by atoms with Crippen LogP contribution in [0.25, 0.3) is 10.8 Å².